The Labute approximate surface area is 123 Å². The summed E-state index contributed by atoms with van der Waals surface area (Å²) >= 11 is 0. The van der Waals surface area contributed by atoms with Crippen LogP contribution in [0.3, 0.4) is 0 Å². The molecule has 20 heavy (non-hydrogen) atoms. The van der Waals surface area contributed by atoms with Crippen LogP contribution in [0.4, 0.5) is 5.69 Å². The van der Waals surface area contributed by atoms with E-state index in [0.29, 0.717) is 18.4 Å². The van der Waals surface area contributed by atoms with Gasteiger partial charge in [0.25, 0.3) is 0 Å². The van der Waals surface area contributed by atoms with Crippen LogP contribution >= 0.6 is 0 Å². The molecule has 0 spiro atoms. The summed E-state index contributed by atoms with van der Waals surface area (Å²) in [6.45, 7) is 9.24. The van der Waals surface area contributed by atoms with Crippen LogP contribution in [0.5, 0.6) is 0 Å². The molecule has 0 saturated heterocycles. The molecular weight excluding hydrogens is 248 g/mol. The Hall–Kier alpha value is -1.55. The molecule has 1 aromatic carbocycles. The highest BCUT2D eigenvalue weighted by Crippen LogP contribution is 2.20. The Kier molecular flexibility index (Phi) is 7.09. The minimum atomic E-state index is 0.478. The molecule has 0 aliphatic carbocycles. The van der Waals surface area contributed by atoms with E-state index in [1.165, 1.54) is 5.56 Å². The van der Waals surface area contributed by atoms with E-state index in [1.54, 1.807) is 0 Å². The topological polar surface area (TPSA) is 53.6 Å². The summed E-state index contributed by atoms with van der Waals surface area (Å²) in [6, 6.07) is 8.41. The molecule has 0 saturated carbocycles. The minimum Gasteiger partial charge on any atom is -0.370 e. The lowest BCUT2D eigenvalue weighted by atomic mass is 9.99. The van der Waals surface area contributed by atoms with Gasteiger partial charge in [-0.25, -0.2) is 0 Å². The first kappa shape index (κ1) is 16.5. The first-order chi connectivity index (χ1) is 9.56. The van der Waals surface area contributed by atoms with E-state index in [2.05, 4.69) is 67.3 Å². The van der Waals surface area contributed by atoms with Crippen LogP contribution in [0.15, 0.2) is 29.3 Å². The van der Waals surface area contributed by atoms with Gasteiger partial charge in [0.15, 0.2) is 5.96 Å². The van der Waals surface area contributed by atoms with Crippen molar-refractivity contribution in [1.82, 2.24) is 4.90 Å². The Balaban J connectivity index is 2.49. The summed E-state index contributed by atoms with van der Waals surface area (Å²) in [7, 11) is 2.08. The molecule has 3 N–H and O–H groups in total. The third kappa shape index (κ3) is 5.61. The highest BCUT2D eigenvalue weighted by molar-refractivity contribution is 5.92. The molecule has 0 bridgehead atoms. The lowest BCUT2D eigenvalue weighted by Gasteiger charge is -2.12. The molecule has 4 heteroatoms. The number of nitrogens with zero attached hydrogens (tertiary/aromatic N) is 2. The smallest absolute Gasteiger partial charge is 0.193 e. The van der Waals surface area contributed by atoms with Gasteiger partial charge in [-0.1, -0.05) is 32.9 Å². The number of anilines is 1. The molecule has 4 nitrogen and oxygen atoms in total. The van der Waals surface area contributed by atoms with E-state index >= 15 is 0 Å². The van der Waals surface area contributed by atoms with Crippen molar-refractivity contribution in [2.75, 3.05) is 32.0 Å². The molecule has 0 aromatic heterocycles. The van der Waals surface area contributed by atoms with Gasteiger partial charge in [-0.3, -0.25) is 4.99 Å². The van der Waals surface area contributed by atoms with Crippen molar-refractivity contribution < 1.29 is 0 Å². The number of nitrogens with one attached hydrogen (secondary N) is 1. The second kappa shape index (κ2) is 8.59. The van der Waals surface area contributed by atoms with Crippen LogP contribution in [0.2, 0.25) is 0 Å². The lowest BCUT2D eigenvalue weighted by molar-refractivity contribution is 0.363. The van der Waals surface area contributed by atoms with Crippen LogP contribution in [0.25, 0.3) is 0 Å². The number of aliphatic imine (C=N–C) groups is 1. The number of likely N-dealkylation sites (N-methyl/N-ethyl adjacent to an activating group) is 1. The van der Waals surface area contributed by atoms with Crippen LogP contribution in [-0.4, -0.2) is 37.5 Å². The van der Waals surface area contributed by atoms with Crippen molar-refractivity contribution >= 4 is 11.6 Å². The van der Waals surface area contributed by atoms with Crippen LogP contribution in [0.1, 0.15) is 38.7 Å². The van der Waals surface area contributed by atoms with Crippen molar-refractivity contribution in [3.8, 4) is 0 Å². The van der Waals surface area contributed by atoms with Gasteiger partial charge in [0.05, 0.1) is 6.54 Å². The maximum atomic E-state index is 5.88. The largest absolute Gasteiger partial charge is 0.370 e. The molecule has 1 unspecified atom stereocenters. The molecule has 112 valence electrons. The zero-order chi connectivity index (χ0) is 15.0. The summed E-state index contributed by atoms with van der Waals surface area (Å²) in [5, 5.41) is 3.13. The molecule has 0 aliphatic heterocycles. The van der Waals surface area contributed by atoms with E-state index < -0.39 is 0 Å². The normalized spacial score (nSPS) is 13.6. The number of guanidine groups is 1. The molecule has 0 aliphatic rings. The van der Waals surface area contributed by atoms with E-state index in [4.69, 9.17) is 5.73 Å². The number of hydrogen-bond acceptors (Lipinski definition) is 2. The van der Waals surface area contributed by atoms with Crippen molar-refractivity contribution in [1.29, 1.82) is 0 Å². The Morgan fingerprint density at radius 1 is 1.30 bits per heavy atom. The van der Waals surface area contributed by atoms with Crippen LogP contribution < -0.4 is 11.1 Å². The number of rotatable bonds is 7. The fourth-order valence-corrected chi connectivity index (χ4v) is 1.82. The second-order valence-corrected chi connectivity index (χ2v) is 5.22. The highest BCUT2D eigenvalue weighted by Gasteiger charge is 2.02. The van der Waals surface area contributed by atoms with Crippen LogP contribution in [-0.2, 0) is 0 Å². The molecule has 0 fully saturated rings. The zero-order valence-electron chi connectivity index (χ0n) is 13.2. The Morgan fingerprint density at radius 2 is 1.95 bits per heavy atom. The van der Waals surface area contributed by atoms with E-state index in [9.17, 15) is 0 Å². The fraction of sp³-hybridized carbons (Fsp3) is 0.562. The van der Waals surface area contributed by atoms with Gasteiger partial charge in [-0.15, -0.1) is 0 Å². The predicted octanol–water partition coefficient (Wildman–Crippen LogP) is 2.88. The van der Waals surface area contributed by atoms with E-state index in [0.717, 1.165) is 25.2 Å². The number of nitrogens with two attached hydrogens (primary N) is 1. The van der Waals surface area contributed by atoms with Gasteiger partial charge in [-0.2, -0.15) is 0 Å². The standard InChI is InChI=1S/C16H28N4/c1-5-13(3)14-7-9-15(10-8-14)19-16(17)18-11-12-20(4)6-2/h7-10,13H,5-6,11-12H2,1-4H3,(H3,17,18,19). The fourth-order valence-electron chi connectivity index (χ4n) is 1.82. The SMILES string of the molecule is CCC(C)c1ccc(NC(N)=NCCN(C)CC)cc1. The van der Waals surface area contributed by atoms with Crippen molar-refractivity contribution in [2.24, 2.45) is 10.7 Å². The molecule has 1 atom stereocenters. The first-order valence-electron chi connectivity index (χ1n) is 7.42. The minimum absolute atomic E-state index is 0.478. The number of benzene rings is 1. The molecule has 0 heterocycles. The lowest BCUT2D eigenvalue weighted by Crippen LogP contribution is -2.26. The quantitative estimate of drug-likeness (QED) is 0.595. The van der Waals surface area contributed by atoms with E-state index in [1.807, 2.05) is 0 Å². The summed E-state index contributed by atoms with van der Waals surface area (Å²) in [5.74, 6) is 1.07. The zero-order valence-corrected chi connectivity index (χ0v) is 13.2. The molecule has 0 amide bonds. The maximum absolute atomic E-state index is 5.88. The van der Waals surface area contributed by atoms with Crippen molar-refractivity contribution in [2.45, 2.75) is 33.1 Å². The van der Waals surface area contributed by atoms with Gasteiger partial charge in [-0.05, 0) is 43.6 Å². The molecule has 1 rings (SSSR count). The average Bonchev–Trinajstić information content (AvgIpc) is 2.47. The average molecular weight is 276 g/mol. The van der Waals surface area contributed by atoms with Crippen LogP contribution in [0, 0.1) is 0 Å². The highest BCUT2D eigenvalue weighted by atomic mass is 15.1. The molecule has 1 aromatic rings. The third-order valence-corrected chi connectivity index (χ3v) is 3.67. The maximum Gasteiger partial charge on any atom is 0.193 e. The summed E-state index contributed by atoms with van der Waals surface area (Å²) < 4.78 is 0. The summed E-state index contributed by atoms with van der Waals surface area (Å²) in [4.78, 5) is 6.53. The predicted molar refractivity (Wildman–Crippen MR) is 88.4 cm³/mol. The molecule has 0 radical (unpaired) electrons. The van der Waals surface area contributed by atoms with Crippen molar-refractivity contribution in [3.63, 3.8) is 0 Å². The first-order valence-corrected chi connectivity index (χ1v) is 7.42. The Morgan fingerprint density at radius 3 is 2.50 bits per heavy atom. The van der Waals surface area contributed by atoms with E-state index in [-0.39, 0.29) is 0 Å². The summed E-state index contributed by atoms with van der Waals surface area (Å²) in [6.07, 6.45) is 1.15. The van der Waals surface area contributed by atoms with Crippen molar-refractivity contribution in [3.05, 3.63) is 29.8 Å². The van der Waals surface area contributed by atoms with Gasteiger partial charge in [0.1, 0.15) is 0 Å². The second-order valence-electron chi connectivity index (χ2n) is 5.22. The van der Waals surface area contributed by atoms with Gasteiger partial charge < -0.3 is 16.0 Å². The monoisotopic (exact) mass is 276 g/mol. The third-order valence-electron chi connectivity index (χ3n) is 3.67. The van der Waals surface area contributed by atoms with Gasteiger partial charge in [0, 0.05) is 12.2 Å². The Bertz CT molecular complexity index is 411. The van der Waals surface area contributed by atoms with Gasteiger partial charge >= 0.3 is 0 Å². The number of hydrogen-bond donors (Lipinski definition) is 2. The molecular formula is C16H28N4. The summed E-state index contributed by atoms with van der Waals surface area (Å²) in [5.41, 5.74) is 8.23. The van der Waals surface area contributed by atoms with Gasteiger partial charge in [0.2, 0.25) is 0 Å².